The molecule has 0 amide bonds. The topological polar surface area (TPSA) is 74.6 Å². The van der Waals surface area contributed by atoms with Gasteiger partial charge in [-0.15, -0.1) is 0 Å². The average Bonchev–Trinajstić information content (AvgIpc) is 3.05. The number of carboxylic acid groups (broad SMARTS) is 1. The first kappa shape index (κ1) is 22.0. The molecule has 4 heteroatoms. The van der Waals surface area contributed by atoms with Crippen LogP contribution in [-0.4, -0.2) is 28.1 Å². The Bertz CT molecular complexity index is 741. The molecule has 4 aliphatic rings. The normalized spacial score (nSPS) is 48.0. The second-order valence-electron chi connectivity index (χ2n) is 11.5. The number of hydrogen-bond donors (Lipinski definition) is 2. The number of carbonyl (C=O) groups excluding carboxylic acids is 1. The number of Topliss-reactive ketones (excluding diaryl/α,β-unsaturated/α-hetero) is 1. The number of carbonyl (C=O) groups is 2. The molecular weight excluding hydrogens is 376 g/mol. The van der Waals surface area contributed by atoms with Crippen LogP contribution in [0.15, 0.2) is 11.6 Å². The second-order valence-corrected chi connectivity index (χ2v) is 11.5. The fraction of sp³-hybridized carbons (Fsp3) is 0.846. The zero-order chi connectivity index (χ0) is 21.8. The summed E-state index contributed by atoms with van der Waals surface area (Å²) in [5, 5.41) is 19.5. The van der Waals surface area contributed by atoms with E-state index in [9.17, 15) is 14.7 Å². The molecule has 0 radical (unpaired) electrons. The van der Waals surface area contributed by atoms with Crippen LogP contribution in [0.3, 0.4) is 0 Å². The number of aliphatic hydroxyl groups excluding tert-OH is 1. The van der Waals surface area contributed by atoms with Gasteiger partial charge in [-0.3, -0.25) is 9.59 Å². The minimum absolute atomic E-state index is 0.114. The van der Waals surface area contributed by atoms with Crippen LogP contribution in [0.2, 0.25) is 0 Å². The average molecular weight is 417 g/mol. The van der Waals surface area contributed by atoms with Crippen LogP contribution in [0.25, 0.3) is 0 Å². The lowest BCUT2D eigenvalue weighted by Gasteiger charge is -2.61. The van der Waals surface area contributed by atoms with E-state index in [2.05, 4.69) is 20.8 Å². The first-order chi connectivity index (χ1) is 14.1. The third-order valence-corrected chi connectivity index (χ3v) is 10.3. The number of allylic oxidation sites excluding steroid dienone is 2. The standard InChI is InChI=1S/C26H40O4/c1-5-17-21-14-16(27)10-12-26(21,4)20-11-13-25(3)18(15(2)6-9-22(28)29)7-8-19(25)23(20)24(17)30/h5,15-16,18-21,23,27H,6-14H2,1-4H3,(H,28,29)/t15-,16-,18?,19?,20?,21?,23?,25-,26-/m1/s1. The van der Waals surface area contributed by atoms with Crippen LogP contribution >= 0.6 is 0 Å². The summed E-state index contributed by atoms with van der Waals surface area (Å²) in [7, 11) is 0. The maximum atomic E-state index is 13.8. The molecule has 5 unspecified atom stereocenters. The van der Waals surface area contributed by atoms with E-state index < -0.39 is 5.97 Å². The molecule has 0 saturated heterocycles. The Kier molecular flexibility index (Phi) is 5.70. The summed E-state index contributed by atoms with van der Waals surface area (Å²) in [6.07, 6.45) is 9.86. The fourth-order valence-corrected chi connectivity index (χ4v) is 8.72. The van der Waals surface area contributed by atoms with Gasteiger partial charge in [0.05, 0.1) is 6.10 Å². The van der Waals surface area contributed by atoms with Crippen molar-refractivity contribution in [2.75, 3.05) is 0 Å². The van der Waals surface area contributed by atoms with Gasteiger partial charge in [0.25, 0.3) is 0 Å². The van der Waals surface area contributed by atoms with Crippen molar-refractivity contribution < 1.29 is 19.8 Å². The Labute approximate surface area is 181 Å². The molecule has 0 aromatic rings. The first-order valence-electron chi connectivity index (χ1n) is 12.2. The lowest BCUT2D eigenvalue weighted by Crippen LogP contribution is -2.58. The van der Waals surface area contributed by atoms with E-state index in [1.165, 1.54) is 0 Å². The Morgan fingerprint density at radius 2 is 1.80 bits per heavy atom. The fourth-order valence-electron chi connectivity index (χ4n) is 8.72. The molecular formula is C26H40O4. The SMILES string of the molecule is CC=C1C(=O)C2C(CC[C@@]3(C)C2CCC3[C@H](C)CCC(=O)O)[C@@]2(C)CC[C@@H](O)CC12. The maximum absolute atomic E-state index is 13.8. The van der Waals surface area contributed by atoms with Gasteiger partial charge in [0.1, 0.15) is 0 Å². The summed E-state index contributed by atoms with van der Waals surface area (Å²) in [5.74, 6) is 1.74. The molecule has 4 saturated carbocycles. The van der Waals surface area contributed by atoms with E-state index in [4.69, 9.17) is 5.11 Å². The van der Waals surface area contributed by atoms with E-state index in [-0.39, 0.29) is 35.2 Å². The molecule has 0 aliphatic heterocycles. The summed E-state index contributed by atoms with van der Waals surface area (Å²) < 4.78 is 0. The van der Waals surface area contributed by atoms with Gasteiger partial charge in [-0.2, -0.15) is 0 Å². The highest BCUT2D eigenvalue weighted by molar-refractivity contribution is 5.99. The number of carboxylic acids is 1. The molecule has 0 spiro atoms. The third-order valence-electron chi connectivity index (χ3n) is 10.3. The molecule has 9 atom stereocenters. The molecule has 0 aromatic carbocycles. The van der Waals surface area contributed by atoms with Crippen LogP contribution < -0.4 is 0 Å². The van der Waals surface area contributed by atoms with E-state index in [1.807, 2.05) is 13.0 Å². The molecule has 4 fully saturated rings. The number of ketones is 1. The molecule has 0 heterocycles. The van der Waals surface area contributed by atoms with Crippen LogP contribution in [0, 0.1) is 46.3 Å². The lowest BCUT2D eigenvalue weighted by molar-refractivity contribution is -0.150. The van der Waals surface area contributed by atoms with Gasteiger partial charge in [-0.05, 0) is 104 Å². The molecule has 0 bridgehead atoms. The van der Waals surface area contributed by atoms with Crippen molar-refractivity contribution in [1.29, 1.82) is 0 Å². The van der Waals surface area contributed by atoms with Gasteiger partial charge in [0, 0.05) is 12.3 Å². The van der Waals surface area contributed by atoms with Crippen molar-refractivity contribution in [3.05, 3.63) is 11.6 Å². The highest BCUT2D eigenvalue weighted by Gasteiger charge is 2.64. The highest BCUT2D eigenvalue weighted by Crippen LogP contribution is 2.68. The van der Waals surface area contributed by atoms with Gasteiger partial charge >= 0.3 is 5.97 Å². The second kappa shape index (κ2) is 7.76. The van der Waals surface area contributed by atoms with E-state index in [1.54, 1.807) is 0 Å². The maximum Gasteiger partial charge on any atom is 0.303 e. The minimum atomic E-state index is -0.705. The number of aliphatic carboxylic acids is 1. The van der Waals surface area contributed by atoms with Gasteiger partial charge in [0.15, 0.2) is 5.78 Å². The third kappa shape index (κ3) is 3.20. The van der Waals surface area contributed by atoms with Gasteiger partial charge < -0.3 is 10.2 Å². The number of hydrogen-bond acceptors (Lipinski definition) is 3. The molecule has 168 valence electrons. The van der Waals surface area contributed by atoms with Gasteiger partial charge in [-0.25, -0.2) is 0 Å². The van der Waals surface area contributed by atoms with Crippen molar-refractivity contribution in [2.24, 2.45) is 46.3 Å². The Balaban J connectivity index is 1.64. The van der Waals surface area contributed by atoms with E-state index in [0.29, 0.717) is 29.5 Å². The van der Waals surface area contributed by atoms with Crippen LogP contribution in [0.1, 0.15) is 85.5 Å². The van der Waals surface area contributed by atoms with Crippen molar-refractivity contribution >= 4 is 11.8 Å². The first-order valence-corrected chi connectivity index (χ1v) is 12.2. The highest BCUT2D eigenvalue weighted by atomic mass is 16.4. The van der Waals surface area contributed by atoms with Gasteiger partial charge in [-0.1, -0.05) is 26.8 Å². The Morgan fingerprint density at radius 1 is 1.13 bits per heavy atom. The molecule has 4 rings (SSSR count). The molecule has 4 aliphatic carbocycles. The summed E-state index contributed by atoms with van der Waals surface area (Å²) in [6.45, 7) is 9.04. The summed E-state index contributed by atoms with van der Waals surface area (Å²) >= 11 is 0. The molecule has 2 N–H and O–H groups in total. The quantitative estimate of drug-likeness (QED) is 0.614. The number of aliphatic hydroxyl groups is 1. The molecule has 0 aromatic heterocycles. The lowest BCUT2D eigenvalue weighted by atomic mass is 9.43. The largest absolute Gasteiger partial charge is 0.481 e. The van der Waals surface area contributed by atoms with E-state index in [0.717, 1.165) is 56.9 Å². The van der Waals surface area contributed by atoms with Crippen molar-refractivity contribution in [3.63, 3.8) is 0 Å². The van der Waals surface area contributed by atoms with Crippen LogP contribution in [-0.2, 0) is 9.59 Å². The zero-order valence-corrected chi connectivity index (χ0v) is 19.2. The van der Waals surface area contributed by atoms with Crippen molar-refractivity contribution in [3.8, 4) is 0 Å². The monoisotopic (exact) mass is 416 g/mol. The molecule has 4 nitrogen and oxygen atoms in total. The van der Waals surface area contributed by atoms with Crippen LogP contribution in [0.5, 0.6) is 0 Å². The van der Waals surface area contributed by atoms with Crippen molar-refractivity contribution in [1.82, 2.24) is 0 Å². The van der Waals surface area contributed by atoms with E-state index >= 15 is 0 Å². The summed E-state index contributed by atoms with van der Waals surface area (Å²) in [5.41, 5.74) is 1.25. The van der Waals surface area contributed by atoms with Crippen LogP contribution in [0.4, 0.5) is 0 Å². The smallest absolute Gasteiger partial charge is 0.303 e. The minimum Gasteiger partial charge on any atom is -0.481 e. The zero-order valence-electron chi connectivity index (χ0n) is 19.2. The summed E-state index contributed by atoms with van der Waals surface area (Å²) in [4.78, 5) is 24.9. The number of fused-ring (bicyclic) bond motifs is 5. The predicted molar refractivity (Wildman–Crippen MR) is 117 cm³/mol. The van der Waals surface area contributed by atoms with Crippen molar-refractivity contribution in [2.45, 2.75) is 91.6 Å². The molecule has 30 heavy (non-hydrogen) atoms. The Morgan fingerprint density at radius 3 is 2.47 bits per heavy atom. The number of rotatable bonds is 4. The van der Waals surface area contributed by atoms with Gasteiger partial charge in [0.2, 0.25) is 0 Å². The predicted octanol–water partition coefficient (Wildman–Crippen LogP) is 5.24. The summed E-state index contributed by atoms with van der Waals surface area (Å²) in [6, 6.07) is 0. The Hall–Kier alpha value is -1.16.